The summed E-state index contributed by atoms with van der Waals surface area (Å²) in [7, 11) is 0. The van der Waals surface area contributed by atoms with Gasteiger partial charge in [0.1, 0.15) is 11.0 Å². The minimum absolute atomic E-state index is 0.275. The zero-order chi connectivity index (χ0) is 19.2. The predicted molar refractivity (Wildman–Crippen MR) is 107 cm³/mol. The number of benzene rings is 2. The maximum Gasteiger partial charge on any atom is 0.249 e. The molecular formula is C19H17ClN4O2S. The topological polar surface area (TPSA) is 84.0 Å². The predicted octanol–water partition coefficient (Wildman–Crippen LogP) is 3.54. The molecule has 0 bridgehead atoms. The Balaban J connectivity index is 1.72. The molecule has 2 amide bonds. The molecule has 27 heavy (non-hydrogen) atoms. The van der Waals surface area contributed by atoms with Crippen molar-refractivity contribution < 1.29 is 9.59 Å². The zero-order valence-corrected chi connectivity index (χ0v) is 16.1. The second-order valence-electron chi connectivity index (χ2n) is 5.85. The molecule has 0 spiro atoms. The second-order valence-corrected chi connectivity index (χ2v) is 7.27. The summed E-state index contributed by atoms with van der Waals surface area (Å²) in [6, 6.07) is 16.0. The Bertz CT molecular complexity index is 946. The molecule has 2 aromatic carbocycles. The van der Waals surface area contributed by atoms with Crippen molar-refractivity contribution in [1.82, 2.24) is 15.5 Å². The van der Waals surface area contributed by atoms with E-state index in [9.17, 15) is 9.59 Å². The van der Waals surface area contributed by atoms with Crippen LogP contribution in [0, 0.1) is 0 Å². The van der Waals surface area contributed by atoms with E-state index in [2.05, 4.69) is 20.8 Å². The molecule has 0 aliphatic heterocycles. The molecule has 0 saturated heterocycles. The van der Waals surface area contributed by atoms with E-state index in [1.165, 1.54) is 18.3 Å². The van der Waals surface area contributed by atoms with Gasteiger partial charge in [-0.1, -0.05) is 65.4 Å². The number of halogens is 1. The first-order chi connectivity index (χ1) is 13.0. The van der Waals surface area contributed by atoms with Gasteiger partial charge >= 0.3 is 0 Å². The van der Waals surface area contributed by atoms with Crippen LogP contribution in [0.3, 0.4) is 0 Å². The molecule has 1 heterocycles. The summed E-state index contributed by atoms with van der Waals surface area (Å²) < 4.78 is 0. The average molecular weight is 401 g/mol. The van der Waals surface area contributed by atoms with Gasteiger partial charge in [-0.05, 0) is 17.7 Å². The van der Waals surface area contributed by atoms with E-state index in [-0.39, 0.29) is 11.8 Å². The maximum atomic E-state index is 12.6. The van der Waals surface area contributed by atoms with Crippen molar-refractivity contribution in [2.75, 3.05) is 5.32 Å². The van der Waals surface area contributed by atoms with Crippen LogP contribution in [-0.4, -0.2) is 28.1 Å². The largest absolute Gasteiger partial charge is 0.344 e. The molecule has 0 fully saturated rings. The van der Waals surface area contributed by atoms with Crippen molar-refractivity contribution in [2.24, 2.45) is 0 Å². The van der Waals surface area contributed by atoms with Crippen LogP contribution >= 0.6 is 22.9 Å². The Labute approximate surface area is 165 Å². The molecule has 0 aliphatic carbocycles. The van der Waals surface area contributed by atoms with Gasteiger partial charge in [0, 0.05) is 23.9 Å². The molecule has 1 atom stereocenters. The summed E-state index contributed by atoms with van der Waals surface area (Å²) >= 11 is 7.24. The normalized spacial score (nSPS) is 11.6. The van der Waals surface area contributed by atoms with Crippen LogP contribution in [0.15, 0.2) is 54.6 Å². The Morgan fingerprint density at radius 1 is 1.11 bits per heavy atom. The number of amides is 2. The van der Waals surface area contributed by atoms with Crippen LogP contribution in [0.1, 0.15) is 12.5 Å². The highest BCUT2D eigenvalue weighted by Gasteiger charge is 2.21. The molecule has 0 saturated carbocycles. The molecule has 6 nitrogen and oxygen atoms in total. The Kier molecular flexibility index (Phi) is 6.16. The summed E-state index contributed by atoms with van der Waals surface area (Å²) in [6.45, 7) is 1.38. The number of carbonyl (C=O) groups excluding carboxylic acids is 2. The fourth-order valence-corrected chi connectivity index (χ4v) is 3.44. The lowest BCUT2D eigenvalue weighted by atomic mass is 10.1. The van der Waals surface area contributed by atoms with Gasteiger partial charge in [-0.25, -0.2) is 0 Å². The molecular weight excluding hydrogens is 384 g/mol. The molecule has 0 aliphatic rings. The van der Waals surface area contributed by atoms with Gasteiger partial charge in [0.15, 0.2) is 0 Å². The van der Waals surface area contributed by atoms with Gasteiger partial charge in [-0.2, -0.15) is 0 Å². The molecule has 3 rings (SSSR count). The SMILES string of the molecule is CC(=O)N[C@H](Cc1ccccc1)C(=O)Nc1nnc(-c2cccc(Cl)c2)s1. The van der Waals surface area contributed by atoms with E-state index in [1.807, 2.05) is 42.5 Å². The van der Waals surface area contributed by atoms with E-state index < -0.39 is 6.04 Å². The molecule has 0 radical (unpaired) electrons. The smallest absolute Gasteiger partial charge is 0.249 e. The number of rotatable bonds is 6. The monoisotopic (exact) mass is 400 g/mol. The standard InChI is InChI=1S/C19H17ClN4O2S/c1-12(25)21-16(10-13-6-3-2-4-7-13)17(26)22-19-24-23-18(27-19)14-8-5-9-15(20)11-14/h2-9,11,16H,10H2,1H3,(H,21,25)(H,22,24,26)/t16-/m1/s1. The quantitative estimate of drug-likeness (QED) is 0.662. The number of aromatic nitrogens is 2. The van der Waals surface area contributed by atoms with Crippen molar-refractivity contribution in [2.45, 2.75) is 19.4 Å². The van der Waals surface area contributed by atoms with Gasteiger partial charge in [-0.3, -0.25) is 14.9 Å². The average Bonchev–Trinajstić information content (AvgIpc) is 3.10. The Morgan fingerprint density at radius 3 is 2.59 bits per heavy atom. The lowest BCUT2D eigenvalue weighted by Gasteiger charge is -2.16. The Hall–Kier alpha value is -2.77. The first-order valence-corrected chi connectivity index (χ1v) is 9.42. The van der Waals surface area contributed by atoms with Crippen LogP contribution < -0.4 is 10.6 Å². The highest BCUT2D eigenvalue weighted by Crippen LogP contribution is 2.28. The van der Waals surface area contributed by atoms with E-state index in [4.69, 9.17) is 11.6 Å². The van der Waals surface area contributed by atoms with Gasteiger partial charge in [-0.15, -0.1) is 10.2 Å². The van der Waals surface area contributed by atoms with Crippen molar-refractivity contribution in [1.29, 1.82) is 0 Å². The molecule has 2 N–H and O–H groups in total. The highest BCUT2D eigenvalue weighted by molar-refractivity contribution is 7.18. The number of nitrogens with zero attached hydrogens (tertiary/aromatic N) is 2. The fourth-order valence-electron chi connectivity index (χ4n) is 2.51. The van der Waals surface area contributed by atoms with Gasteiger partial charge in [0.05, 0.1) is 0 Å². The van der Waals surface area contributed by atoms with Crippen molar-refractivity contribution in [3.63, 3.8) is 0 Å². The Morgan fingerprint density at radius 2 is 1.89 bits per heavy atom. The van der Waals surface area contributed by atoms with Crippen LogP contribution in [0.5, 0.6) is 0 Å². The summed E-state index contributed by atoms with van der Waals surface area (Å²) in [5.74, 6) is -0.620. The highest BCUT2D eigenvalue weighted by atomic mass is 35.5. The van der Waals surface area contributed by atoms with Crippen molar-refractivity contribution >= 4 is 39.9 Å². The van der Waals surface area contributed by atoms with Crippen molar-refractivity contribution in [3.05, 3.63) is 65.2 Å². The van der Waals surface area contributed by atoms with Crippen LogP contribution in [-0.2, 0) is 16.0 Å². The third-order valence-electron chi connectivity index (χ3n) is 3.70. The van der Waals surface area contributed by atoms with E-state index in [0.29, 0.717) is 21.6 Å². The summed E-state index contributed by atoms with van der Waals surface area (Å²) in [4.78, 5) is 24.1. The van der Waals surface area contributed by atoms with Crippen LogP contribution in [0.2, 0.25) is 5.02 Å². The van der Waals surface area contributed by atoms with Crippen LogP contribution in [0.4, 0.5) is 5.13 Å². The first-order valence-electron chi connectivity index (χ1n) is 8.22. The van der Waals surface area contributed by atoms with E-state index >= 15 is 0 Å². The number of hydrogen-bond donors (Lipinski definition) is 2. The molecule has 138 valence electrons. The number of hydrogen-bond acceptors (Lipinski definition) is 5. The van der Waals surface area contributed by atoms with Crippen molar-refractivity contribution in [3.8, 4) is 10.6 Å². The number of carbonyl (C=O) groups is 2. The third kappa shape index (κ3) is 5.35. The molecule has 0 unspecified atom stereocenters. The minimum atomic E-state index is -0.705. The molecule has 3 aromatic rings. The minimum Gasteiger partial charge on any atom is -0.344 e. The number of nitrogens with one attached hydrogen (secondary N) is 2. The van der Waals surface area contributed by atoms with Gasteiger partial charge < -0.3 is 5.32 Å². The molecule has 8 heteroatoms. The zero-order valence-electron chi connectivity index (χ0n) is 14.5. The van der Waals surface area contributed by atoms with Crippen LogP contribution in [0.25, 0.3) is 10.6 Å². The first kappa shape index (κ1) is 19.0. The number of anilines is 1. The van der Waals surface area contributed by atoms with Gasteiger partial charge in [0.25, 0.3) is 0 Å². The summed E-state index contributed by atoms with van der Waals surface area (Å²) in [5, 5.41) is 15.1. The summed E-state index contributed by atoms with van der Waals surface area (Å²) in [6.07, 6.45) is 0.381. The van der Waals surface area contributed by atoms with E-state index in [1.54, 1.807) is 12.1 Å². The summed E-state index contributed by atoms with van der Waals surface area (Å²) in [5.41, 5.74) is 1.77. The second kappa shape index (κ2) is 8.75. The molecule has 1 aromatic heterocycles. The van der Waals surface area contributed by atoms with E-state index in [0.717, 1.165) is 11.1 Å². The lowest BCUT2D eigenvalue weighted by molar-refractivity contribution is -0.125. The maximum absolute atomic E-state index is 12.6. The van der Waals surface area contributed by atoms with Gasteiger partial charge in [0.2, 0.25) is 16.9 Å². The fraction of sp³-hybridized carbons (Fsp3) is 0.158. The third-order valence-corrected chi connectivity index (χ3v) is 4.83. The lowest BCUT2D eigenvalue weighted by Crippen LogP contribution is -2.44.